The van der Waals surface area contributed by atoms with Crippen molar-refractivity contribution < 1.29 is 42.0 Å². The average molecular weight is 893 g/mol. The lowest BCUT2D eigenvalue weighted by Crippen LogP contribution is -2.58. The summed E-state index contributed by atoms with van der Waals surface area (Å²) in [6, 6.07) is 51.7. The molecule has 0 radical (unpaired) electrons. The minimum Gasteiger partial charge on any atom is -0.481 e. The van der Waals surface area contributed by atoms with E-state index in [2.05, 4.69) is 10.0 Å². The highest BCUT2D eigenvalue weighted by Crippen LogP contribution is 2.44. The molecule has 0 amide bonds. The minimum atomic E-state index is -4.46. The van der Waals surface area contributed by atoms with E-state index in [4.69, 9.17) is 23.7 Å². The number of hydrogen-bond donors (Lipinski definition) is 1. The van der Waals surface area contributed by atoms with Crippen LogP contribution < -0.4 is 0 Å². The second-order valence-corrected chi connectivity index (χ2v) is 17.4. The Balaban J connectivity index is 1.35. The molecule has 0 aliphatic carbocycles. The molecular formula is C51H48N4O9S. The highest BCUT2D eigenvalue weighted by molar-refractivity contribution is 7.90. The summed E-state index contributed by atoms with van der Waals surface area (Å²) in [6.07, 6.45) is -5.46. The first kappa shape index (κ1) is 45.0. The minimum absolute atomic E-state index is 0.0142. The van der Waals surface area contributed by atoms with Crippen LogP contribution in [0.2, 0.25) is 0 Å². The Hall–Kier alpha value is -6.61. The maximum absolute atomic E-state index is 15.3. The number of fused-ring (bicyclic) bond motifs is 1. The van der Waals surface area contributed by atoms with Crippen LogP contribution in [0.5, 0.6) is 0 Å². The van der Waals surface area contributed by atoms with E-state index >= 15 is 8.42 Å². The van der Waals surface area contributed by atoms with Crippen molar-refractivity contribution in [2.75, 3.05) is 6.61 Å². The SMILES string of the molecule is [N-]=[N+]=N[C@@H](Cc1c([C@H]2O[C@H](COCc3ccccc3)[C@@H](OCc3ccccc3)[C@H](OCc3ccccc3)[C@@H]2OCc2ccccc2)n(S(=O)(=O)c2ccccc2)c2ccccc12)C(=O)O. The van der Waals surface area contributed by atoms with Crippen LogP contribution in [-0.2, 0) is 71.4 Å². The number of benzene rings is 6. The monoisotopic (exact) mass is 892 g/mol. The molecule has 1 N–H and O–H groups in total. The zero-order valence-corrected chi connectivity index (χ0v) is 36.2. The molecule has 7 aromatic rings. The van der Waals surface area contributed by atoms with Gasteiger partial charge >= 0.3 is 5.97 Å². The Morgan fingerprint density at radius 3 is 1.63 bits per heavy atom. The normalized spacial score (nSPS) is 19.0. The molecule has 1 saturated heterocycles. The van der Waals surface area contributed by atoms with E-state index in [9.17, 15) is 15.4 Å². The second kappa shape index (κ2) is 21.4. The van der Waals surface area contributed by atoms with Gasteiger partial charge in [-0.1, -0.05) is 163 Å². The fourth-order valence-corrected chi connectivity index (χ4v) is 9.80. The lowest BCUT2D eigenvalue weighted by Gasteiger charge is -2.46. The molecule has 1 aliphatic rings. The molecule has 13 nitrogen and oxygen atoms in total. The molecule has 14 heteroatoms. The Bertz CT molecular complexity index is 2790. The molecule has 332 valence electrons. The highest BCUT2D eigenvalue weighted by atomic mass is 32.2. The van der Waals surface area contributed by atoms with Crippen LogP contribution in [0, 0.1) is 0 Å². The van der Waals surface area contributed by atoms with Crippen molar-refractivity contribution in [1.82, 2.24) is 3.97 Å². The molecule has 6 aromatic carbocycles. The summed E-state index contributed by atoms with van der Waals surface area (Å²) in [5.74, 6) is -1.39. The fourth-order valence-electron chi connectivity index (χ4n) is 8.20. The Kier molecular flexibility index (Phi) is 14.8. The summed E-state index contributed by atoms with van der Waals surface area (Å²) in [4.78, 5) is 15.6. The Labute approximate surface area is 377 Å². The molecular weight excluding hydrogens is 845 g/mol. The van der Waals surface area contributed by atoms with Gasteiger partial charge in [-0.2, -0.15) is 0 Å². The quantitative estimate of drug-likeness (QED) is 0.0445. The van der Waals surface area contributed by atoms with Crippen molar-refractivity contribution in [2.45, 2.75) is 74.3 Å². The number of carbonyl (C=O) groups is 1. The highest BCUT2D eigenvalue weighted by Gasteiger charge is 2.51. The molecule has 1 aliphatic heterocycles. The number of azide groups is 1. The van der Waals surface area contributed by atoms with E-state index in [0.717, 1.165) is 22.3 Å². The van der Waals surface area contributed by atoms with Gasteiger partial charge in [0, 0.05) is 10.3 Å². The summed E-state index contributed by atoms with van der Waals surface area (Å²) in [5.41, 5.74) is 13.7. The zero-order chi connectivity index (χ0) is 45.0. The molecule has 1 fully saturated rings. The van der Waals surface area contributed by atoms with Gasteiger partial charge < -0.3 is 28.8 Å². The standard InChI is InChI=1S/C51H48N4O9S/c52-54-53-43(51(56)57)30-42-41-28-16-17-29-44(41)55(65(58,59)40-26-14-5-15-27-40)46(42)48-50(63-34-39-24-12-4-13-25-39)49(62-33-38-22-10-3-11-23-38)47(61-32-37-20-8-2-9-21-37)45(64-48)35-60-31-36-18-6-1-7-19-36/h1-29,43,45,47-50H,30-35H2,(H,56,57)/t43-,45+,47+,48+,49-,50+/m0/s1. The van der Waals surface area contributed by atoms with E-state index in [0.29, 0.717) is 5.39 Å². The number of para-hydroxylation sites is 1. The van der Waals surface area contributed by atoms with Gasteiger partial charge in [-0.05, 0) is 58.0 Å². The van der Waals surface area contributed by atoms with E-state index in [1.165, 1.54) is 16.1 Å². The number of carboxylic acid groups (broad SMARTS) is 1. The number of rotatable bonds is 20. The first-order valence-corrected chi connectivity index (χ1v) is 22.7. The summed E-state index contributed by atoms with van der Waals surface area (Å²) in [6.45, 7) is 0.585. The predicted molar refractivity (Wildman–Crippen MR) is 244 cm³/mol. The van der Waals surface area contributed by atoms with Crippen LogP contribution in [0.3, 0.4) is 0 Å². The van der Waals surface area contributed by atoms with Gasteiger partial charge in [-0.15, -0.1) is 0 Å². The van der Waals surface area contributed by atoms with Crippen molar-refractivity contribution in [3.8, 4) is 0 Å². The van der Waals surface area contributed by atoms with Crippen LogP contribution in [-0.4, -0.2) is 60.5 Å². The summed E-state index contributed by atoms with van der Waals surface area (Å²) in [7, 11) is -4.46. The van der Waals surface area contributed by atoms with Crippen molar-refractivity contribution in [1.29, 1.82) is 0 Å². The largest absolute Gasteiger partial charge is 0.481 e. The maximum Gasteiger partial charge on any atom is 0.312 e. The smallest absolute Gasteiger partial charge is 0.312 e. The lowest BCUT2D eigenvalue weighted by atomic mass is 9.89. The van der Waals surface area contributed by atoms with Crippen molar-refractivity contribution in [3.63, 3.8) is 0 Å². The van der Waals surface area contributed by atoms with Crippen molar-refractivity contribution in [2.24, 2.45) is 5.11 Å². The number of aliphatic carboxylic acids is 1. The fraction of sp³-hybridized carbons (Fsp3) is 0.235. The zero-order valence-electron chi connectivity index (χ0n) is 35.4. The lowest BCUT2D eigenvalue weighted by molar-refractivity contribution is -0.276. The topological polar surface area (TPSA) is 171 Å². The molecule has 0 bridgehead atoms. The third-order valence-corrected chi connectivity index (χ3v) is 13.0. The second-order valence-electron chi connectivity index (χ2n) is 15.6. The number of carboxylic acids is 1. The van der Waals surface area contributed by atoms with Gasteiger partial charge in [0.2, 0.25) is 0 Å². The summed E-state index contributed by atoms with van der Waals surface area (Å²) in [5, 5.41) is 14.5. The van der Waals surface area contributed by atoms with Crippen molar-refractivity contribution >= 4 is 26.9 Å². The van der Waals surface area contributed by atoms with Crippen molar-refractivity contribution in [3.05, 3.63) is 220 Å². The van der Waals surface area contributed by atoms with Gasteiger partial charge in [0.05, 0.1) is 49.1 Å². The summed E-state index contributed by atoms with van der Waals surface area (Å²) >= 11 is 0. The molecule has 1 aromatic heterocycles. The third-order valence-electron chi connectivity index (χ3n) is 11.3. The number of hydrogen-bond acceptors (Lipinski definition) is 9. The van der Waals surface area contributed by atoms with E-state index < -0.39 is 52.6 Å². The number of aromatic nitrogens is 1. The molecule has 2 heterocycles. The maximum atomic E-state index is 15.3. The van der Waals surface area contributed by atoms with Crippen LogP contribution >= 0.6 is 0 Å². The third kappa shape index (κ3) is 10.7. The van der Waals surface area contributed by atoms with Crippen LogP contribution in [0.15, 0.2) is 186 Å². The molecule has 8 rings (SSSR count). The number of ether oxygens (including phenoxy) is 5. The molecule has 0 saturated carbocycles. The van der Waals surface area contributed by atoms with Crippen LogP contribution in [0.1, 0.15) is 39.6 Å². The van der Waals surface area contributed by atoms with Gasteiger partial charge in [-0.3, -0.25) is 4.79 Å². The van der Waals surface area contributed by atoms with E-state index in [1.807, 2.05) is 121 Å². The Morgan fingerprint density at radius 1 is 0.646 bits per heavy atom. The first-order chi connectivity index (χ1) is 31.8. The molecule has 6 atom stereocenters. The predicted octanol–water partition coefficient (Wildman–Crippen LogP) is 9.60. The number of nitrogens with zero attached hydrogens (tertiary/aromatic N) is 4. The van der Waals surface area contributed by atoms with Crippen LogP contribution in [0.25, 0.3) is 21.3 Å². The van der Waals surface area contributed by atoms with Gasteiger partial charge in [0.1, 0.15) is 36.6 Å². The first-order valence-electron chi connectivity index (χ1n) is 21.3. The average Bonchev–Trinajstić information content (AvgIpc) is 3.68. The summed E-state index contributed by atoms with van der Waals surface area (Å²) < 4.78 is 66.3. The Morgan fingerprint density at radius 2 is 1.11 bits per heavy atom. The van der Waals surface area contributed by atoms with Gasteiger partial charge in [-0.25, -0.2) is 12.4 Å². The molecule has 0 spiro atoms. The van der Waals surface area contributed by atoms with Crippen LogP contribution in [0.4, 0.5) is 0 Å². The molecule has 0 unspecified atom stereocenters. The van der Waals surface area contributed by atoms with E-state index in [-0.39, 0.29) is 61.1 Å². The molecule has 65 heavy (non-hydrogen) atoms. The van der Waals surface area contributed by atoms with E-state index in [1.54, 1.807) is 42.5 Å². The van der Waals surface area contributed by atoms with Gasteiger partial charge in [0.15, 0.2) is 0 Å². The van der Waals surface area contributed by atoms with Gasteiger partial charge in [0.25, 0.3) is 10.0 Å².